The minimum Gasteiger partial charge on any atom is -0.256 e. The van der Waals surface area contributed by atoms with Gasteiger partial charge in [-0.25, -0.2) is 9.50 Å². The van der Waals surface area contributed by atoms with Crippen molar-refractivity contribution in [1.29, 1.82) is 0 Å². The van der Waals surface area contributed by atoms with Gasteiger partial charge in [0.05, 0.1) is 33.8 Å². The standard InChI is InChI=1S/C38H25N5/c1-2-8-26(9-3-1)30-18-20-34(40-25-30)31-22-35(28-15-13-27(14-16-28)33-11-6-7-21-39-33)41-36(23-31)37-24-32-19-17-29-10-4-5-12-38(29)43(32)42-37/h1-25H. The van der Waals surface area contributed by atoms with Crippen molar-refractivity contribution in [2.45, 2.75) is 0 Å². The molecule has 0 aliphatic rings. The normalized spacial score (nSPS) is 11.3. The molecule has 0 atom stereocenters. The van der Waals surface area contributed by atoms with Crippen molar-refractivity contribution in [3.8, 4) is 56.3 Å². The Morgan fingerprint density at radius 2 is 1.14 bits per heavy atom. The van der Waals surface area contributed by atoms with Crippen LogP contribution in [0.2, 0.25) is 0 Å². The SMILES string of the molecule is c1ccc(-c2ccc(-c3cc(-c4ccc(-c5ccccn5)cc4)nc(-c4cc5ccc6ccccc6n5n4)c3)nc2)cc1. The van der Waals surface area contributed by atoms with Gasteiger partial charge in [-0.15, -0.1) is 0 Å². The number of hydrogen-bond acceptors (Lipinski definition) is 4. The average Bonchev–Trinajstić information content (AvgIpc) is 3.54. The van der Waals surface area contributed by atoms with Gasteiger partial charge in [0.2, 0.25) is 0 Å². The summed E-state index contributed by atoms with van der Waals surface area (Å²) in [6.45, 7) is 0. The predicted molar refractivity (Wildman–Crippen MR) is 173 cm³/mol. The highest BCUT2D eigenvalue weighted by atomic mass is 15.2. The third-order valence-corrected chi connectivity index (χ3v) is 7.73. The van der Waals surface area contributed by atoms with E-state index >= 15 is 0 Å². The van der Waals surface area contributed by atoms with E-state index in [9.17, 15) is 0 Å². The molecule has 0 saturated carbocycles. The molecule has 0 amide bonds. The first-order valence-corrected chi connectivity index (χ1v) is 14.2. The van der Waals surface area contributed by atoms with Crippen molar-refractivity contribution in [3.05, 3.63) is 152 Å². The van der Waals surface area contributed by atoms with E-state index in [1.807, 2.05) is 65.4 Å². The van der Waals surface area contributed by atoms with E-state index in [-0.39, 0.29) is 0 Å². The molecule has 0 N–H and O–H groups in total. The highest BCUT2D eigenvalue weighted by Gasteiger charge is 2.14. The van der Waals surface area contributed by atoms with Crippen molar-refractivity contribution in [3.63, 3.8) is 0 Å². The Balaban J connectivity index is 1.25. The van der Waals surface area contributed by atoms with Crippen molar-refractivity contribution in [2.24, 2.45) is 0 Å². The molecular weight excluding hydrogens is 526 g/mol. The number of fused-ring (bicyclic) bond motifs is 3. The van der Waals surface area contributed by atoms with Gasteiger partial charge >= 0.3 is 0 Å². The van der Waals surface area contributed by atoms with Crippen molar-refractivity contribution in [2.75, 3.05) is 0 Å². The van der Waals surface area contributed by atoms with Gasteiger partial charge in [0.25, 0.3) is 0 Å². The molecule has 0 aliphatic carbocycles. The van der Waals surface area contributed by atoms with Crippen molar-refractivity contribution < 1.29 is 0 Å². The zero-order chi connectivity index (χ0) is 28.6. The van der Waals surface area contributed by atoms with Crippen LogP contribution in [-0.4, -0.2) is 24.6 Å². The van der Waals surface area contributed by atoms with Crippen LogP contribution in [0.3, 0.4) is 0 Å². The third-order valence-electron chi connectivity index (χ3n) is 7.73. The zero-order valence-corrected chi connectivity index (χ0v) is 23.2. The molecule has 43 heavy (non-hydrogen) atoms. The summed E-state index contributed by atoms with van der Waals surface area (Å²) >= 11 is 0. The molecule has 5 heteroatoms. The van der Waals surface area contributed by atoms with Crippen LogP contribution in [0.25, 0.3) is 72.7 Å². The summed E-state index contributed by atoms with van der Waals surface area (Å²) in [4.78, 5) is 14.5. The topological polar surface area (TPSA) is 56.0 Å². The highest BCUT2D eigenvalue weighted by molar-refractivity contribution is 5.84. The molecule has 0 spiro atoms. The molecule has 5 nitrogen and oxygen atoms in total. The number of pyridine rings is 4. The van der Waals surface area contributed by atoms with Crippen LogP contribution >= 0.6 is 0 Å². The second-order valence-electron chi connectivity index (χ2n) is 10.5. The van der Waals surface area contributed by atoms with Crippen LogP contribution in [0, 0.1) is 0 Å². The van der Waals surface area contributed by atoms with Gasteiger partial charge in [0.1, 0.15) is 5.69 Å². The minimum atomic E-state index is 0.794. The van der Waals surface area contributed by atoms with Crippen LogP contribution in [0.5, 0.6) is 0 Å². The summed E-state index contributed by atoms with van der Waals surface area (Å²) < 4.78 is 1.99. The molecule has 8 rings (SSSR count). The maximum Gasteiger partial charge on any atom is 0.112 e. The Labute approximate surface area is 248 Å². The van der Waals surface area contributed by atoms with Gasteiger partial charge < -0.3 is 0 Å². The molecule has 8 aromatic rings. The number of benzene rings is 3. The first kappa shape index (κ1) is 24.8. The minimum absolute atomic E-state index is 0.794. The fourth-order valence-corrected chi connectivity index (χ4v) is 5.50. The Hall–Kier alpha value is -5.94. The molecule has 0 saturated heterocycles. The molecular formula is C38H25N5. The molecule has 3 aromatic carbocycles. The summed E-state index contributed by atoms with van der Waals surface area (Å²) in [5.41, 5.74) is 11.6. The Bertz CT molecular complexity index is 2100. The lowest BCUT2D eigenvalue weighted by Crippen LogP contribution is -1.94. The lowest BCUT2D eigenvalue weighted by molar-refractivity contribution is 1.00. The van der Waals surface area contributed by atoms with Crippen molar-refractivity contribution in [1.82, 2.24) is 24.6 Å². The number of hydrogen-bond donors (Lipinski definition) is 0. The fraction of sp³-hybridized carbons (Fsp3) is 0. The lowest BCUT2D eigenvalue weighted by Gasteiger charge is -2.10. The Kier molecular flexibility index (Phi) is 6.05. The zero-order valence-electron chi connectivity index (χ0n) is 23.2. The third kappa shape index (κ3) is 4.73. The molecule has 0 unspecified atom stereocenters. The van der Waals surface area contributed by atoms with E-state index in [1.165, 1.54) is 0 Å². The van der Waals surface area contributed by atoms with Gasteiger partial charge in [-0.3, -0.25) is 9.97 Å². The number of nitrogens with zero attached hydrogens (tertiary/aromatic N) is 5. The predicted octanol–water partition coefficient (Wildman–Crippen LogP) is 9.01. The highest BCUT2D eigenvalue weighted by Crippen LogP contribution is 2.32. The summed E-state index contributed by atoms with van der Waals surface area (Å²) in [7, 11) is 0. The fourth-order valence-electron chi connectivity index (χ4n) is 5.50. The van der Waals surface area contributed by atoms with Gasteiger partial charge in [-0.2, -0.15) is 5.10 Å². The van der Waals surface area contributed by atoms with E-state index in [0.717, 1.165) is 72.7 Å². The number of rotatable bonds is 5. The summed E-state index contributed by atoms with van der Waals surface area (Å²) in [5, 5.41) is 6.16. The molecule has 202 valence electrons. The maximum atomic E-state index is 5.12. The monoisotopic (exact) mass is 551 g/mol. The molecule has 0 aliphatic heterocycles. The molecule has 0 bridgehead atoms. The second-order valence-corrected chi connectivity index (χ2v) is 10.5. The summed E-state index contributed by atoms with van der Waals surface area (Å²) in [6, 6.07) is 47.6. The first-order valence-electron chi connectivity index (χ1n) is 14.2. The molecule has 5 heterocycles. The van der Waals surface area contributed by atoms with E-state index in [1.54, 1.807) is 0 Å². The van der Waals surface area contributed by atoms with Crippen LogP contribution in [-0.2, 0) is 0 Å². The Morgan fingerprint density at radius 3 is 1.93 bits per heavy atom. The van der Waals surface area contributed by atoms with Crippen LogP contribution in [0.1, 0.15) is 0 Å². The number of para-hydroxylation sites is 1. The summed E-state index contributed by atoms with van der Waals surface area (Å²) in [6.07, 6.45) is 3.75. The maximum absolute atomic E-state index is 5.12. The van der Waals surface area contributed by atoms with Gasteiger partial charge in [-0.1, -0.05) is 91.0 Å². The smallest absolute Gasteiger partial charge is 0.112 e. The second kappa shape index (κ2) is 10.5. The van der Waals surface area contributed by atoms with E-state index in [0.29, 0.717) is 0 Å². The molecule has 5 aromatic heterocycles. The quantitative estimate of drug-likeness (QED) is 0.214. The van der Waals surface area contributed by atoms with E-state index < -0.39 is 0 Å². The summed E-state index contributed by atoms with van der Waals surface area (Å²) in [5.74, 6) is 0. The van der Waals surface area contributed by atoms with E-state index in [4.69, 9.17) is 15.1 Å². The van der Waals surface area contributed by atoms with Crippen LogP contribution < -0.4 is 0 Å². The van der Waals surface area contributed by atoms with Crippen molar-refractivity contribution >= 4 is 16.4 Å². The lowest BCUT2D eigenvalue weighted by atomic mass is 10.0. The molecule has 0 fully saturated rings. The first-order chi connectivity index (χ1) is 21.3. The van der Waals surface area contributed by atoms with Crippen LogP contribution in [0.15, 0.2) is 152 Å². The van der Waals surface area contributed by atoms with Gasteiger partial charge in [0.15, 0.2) is 0 Å². The average molecular weight is 552 g/mol. The van der Waals surface area contributed by atoms with Crippen LogP contribution in [0.4, 0.5) is 0 Å². The molecule has 0 radical (unpaired) electrons. The largest absolute Gasteiger partial charge is 0.256 e. The van der Waals surface area contributed by atoms with Gasteiger partial charge in [0, 0.05) is 40.0 Å². The van der Waals surface area contributed by atoms with E-state index in [2.05, 4.69) is 96.0 Å². The number of aromatic nitrogens is 5. The Morgan fingerprint density at radius 1 is 0.419 bits per heavy atom. The van der Waals surface area contributed by atoms with Gasteiger partial charge in [-0.05, 0) is 54.1 Å².